The van der Waals surface area contributed by atoms with Gasteiger partial charge in [-0.1, -0.05) is 218 Å². The molecule has 1 aliphatic rings. The molecular weight excluding hydrogens is 869 g/mol. The van der Waals surface area contributed by atoms with Crippen LogP contribution in [0, 0.1) is 0 Å². The van der Waals surface area contributed by atoms with Crippen molar-refractivity contribution in [3.63, 3.8) is 0 Å². The zero-order valence-electron chi connectivity index (χ0n) is 39.9. The monoisotopic (exact) mass is 919 g/mol. The highest BCUT2D eigenvalue weighted by Gasteiger charge is 2.26. The lowest BCUT2D eigenvalue weighted by Crippen LogP contribution is -2.17. The maximum absolute atomic E-state index is 2.47. The van der Waals surface area contributed by atoms with E-state index >= 15 is 0 Å². The normalized spacial score (nSPS) is 12.9. The molecule has 0 amide bonds. The Morgan fingerprint density at radius 2 is 0.792 bits per heavy atom. The Hall–Kier alpha value is -9.37. The van der Waals surface area contributed by atoms with Crippen LogP contribution in [-0.2, 0) is 0 Å². The van der Waals surface area contributed by atoms with Gasteiger partial charge < -0.3 is 4.90 Å². The molecule has 11 aromatic rings. The smallest absolute Gasteiger partial charge is 0.219 e. The van der Waals surface area contributed by atoms with Crippen LogP contribution in [0.1, 0.15) is 34.2 Å². The SMILES string of the molecule is C1=CC(=[N+](c2ccccc2)c2cc3c4ccccc4c(N(c4ccccc4)c4ccc(C=C(c5ccccc5)c5ccccc5)cc4)cc3c3ccccc23)CC=C1C=C(c1ccccc1)c1ccccc1. The van der Waals surface area contributed by atoms with Crippen molar-refractivity contribution >= 4 is 83.7 Å². The molecular formula is C70H51N2+. The fourth-order valence-corrected chi connectivity index (χ4v) is 10.3. The minimum absolute atomic E-state index is 0.764. The fourth-order valence-electron chi connectivity index (χ4n) is 10.3. The van der Waals surface area contributed by atoms with Gasteiger partial charge in [0.2, 0.25) is 11.4 Å². The number of allylic oxidation sites excluding steroid dienone is 5. The molecule has 340 valence electrons. The van der Waals surface area contributed by atoms with Crippen molar-refractivity contribution in [3.05, 3.63) is 325 Å². The summed E-state index contributed by atoms with van der Waals surface area (Å²) < 4.78 is 2.47. The zero-order valence-corrected chi connectivity index (χ0v) is 39.9. The third-order valence-corrected chi connectivity index (χ3v) is 13.8. The molecule has 0 saturated heterocycles. The van der Waals surface area contributed by atoms with E-state index in [2.05, 4.69) is 307 Å². The zero-order chi connectivity index (χ0) is 48.1. The first-order valence-electron chi connectivity index (χ1n) is 24.8. The average Bonchev–Trinajstić information content (AvgIpc) is 3.46. The maximum Gasteiger partial charge on any atom is 0.219 e. The molecule has 2 heteroatoms. The summed E-state index contributed by atoms with van der Waals surface area (Å²) in [6.45, 7) is 0. The number of benzene rings is 11. The van der Waals surface area contributed by atoms with E-state index in [1.54, 1.807) is 0 Å². The Morgan fingerprint density at radius 1 is 0.361 bits per heavy atom. The van der Waals surface area contributed by atoms with E-state index < -0.39 is 0 Å². The molecule has 0 radical (unpaired) electrons. The van der Waals surface area contributed by atoms with Crippen LogP contribution < -0.4 is 9.48 Å². The van der Waals surface area contributed by atoms with Gasteiger partial charge in [0.1, 0.15) is 0 Å². The van der Waals surface area contributed by atoms with Gasteiger partial charge in [-0.05, 0) is 121 Å². The van der Waals surface area contributed by atoms with Gasteiger partial charge in [0, 0.05) is 41.0 Å². The summed E-state index contributed by atoms with van der Waals surface area (Å²) in [4.78, 5) is 2.42. The molecule has 1 aliphatic carbocycles. The first-order valence-corrected chi connectivity index (χ1v) is 24.8. The lowest BCUT2D eigenvalue weighted by atomic mass is 9.93. The van der Waals surface area contributed by atoms with Gasteiger partial charge in [0.15, 0.2) is 5.71 Å². The Bertz CT molecular complexity index is 3790. The van der Waals surface area contributed by atoms with Gasteiger partial charge in [-0.2, -0.15) is 4.58 Å². The summed E-state index contributed by atoms with van der Waals surface area (Å²) in [7, 11) is 0. The second kappa shape index (κ2) is 19.9. The topological polar surface area (TPSA) is 6.25 Å². The molecule has 0 atom stereocenters. The maximum atomic E-state index is 2.47. The minimum atomic E-state index is 0.764. The molecule has 0 unspecified atom stereocenters. The fraction of sp³-hybridized carbons (Fsp3) is 0.0143. The van der Waals surface area contributed by atoms with Crippen LogP contribution in [0.5, 0.6) is 0 Å². The number of nitrogens with zero attached hydrogens (tertiary/aromatic N) is 2. The van der Waals surface area contributed by atoms with E-state index in [4.69, 9.17) is 0 Å². The van der Waals surface area contributed by atoms with E-state index in [1.807, 2.05) is 0 Å². The molecule has 0 fully saturated rings. The number of para-hydroxylation sites is 2. The summed E-state index contributed by atoms with van der Waals surface area (Å²) in [5, 5.41) is 7.19. The Labute approximate surface area is 422 Å². The average molecular weight is 920 g/mol. The second-order valence-corrected chi connectivity index (χ2v) is 18.2. The molecule has 0 heterocycles. The summed E-state index contributed by atoms with van der Waals surface area (Å²) in [5.41, 5.74) is 16.3. The summed E-state index contributed by atoms with van der Waals surface area (Å²) in [5.74, 6) is 0. The highest BCUT2D eigenvalue weighted by Crippen LogP contribution is 2.46. The number of rotatable bonds is 11. The van der Waals surface area contributed by atoms with Gasteiger partial charge in [-0.15, -0.1) is 0 Å². The van der Waals surface area contributed by atoms with Gasteiger partial charge in [0.05, 0.1) is 17.5 Å². The van der Waals surface area contributed by atoms with Crippen molar-refractivity contribution in [1.29, 1.82) is 0 Å². The van der Waals surface area contributed by atoms with Crippen molar-refractivity contribution in [2.45, 2.75) is 6.42 Å². The van der Waals surface area contributed by atoms with E-state index in [1.165, 1.54) is 77.0 Å². The molecule has 0 bridgehead atoms. The summed E-state index contributed by atoms with van der Waals surface area (Å²) in [6, 6.07) is 96.1. The molecule has 0 N–H and O–H groups in total. The van der Waals surface area contributed by atoms with Crippen molar-refractivity contribution in [2.75, 3.05) is 4.90 Å². The van der Waals surface area contributed by atoms with E-state index in [0.717, 1.165) is 40.4 Å². The third-order valence-electron chi connectivity index (χ3n) is 13.8. The van der Waals surface area contributed by atoms with Crippen LogP contribution in [0.15, 0.2) is 297 Å². The van der Waals surface area contributed by atoms with Gasteiger partial charge in [-0.25, -0.2) is 0 Å². The molecule has 0 aromatic heterocycles. The Kier molecular flexibility index (Phi) is 12.1. The molecule has 0 spiro atoms. The first-order chi connectivity index (χ1) is 35.7. The first kappa shape index (κ1) is 43.9. The molecule has 2 nitrogen and oxygen atoms in total. The summed E-state index contributed by atoms with van der Waals surface area (Å²) >= 11 is 0. The van der Waals surface area contributed by atoms with Gasteiger partial charge >= 0.3 is 0 Å². The molecule has 72 heavy (non-hydrogen) atoms. The van der Waals surface area contributed by atoms with Crippen molar-refractivity contribution in [2.24, 2.45) is 0 Å². The number of anilines is 3. The highest BCUT2D eigenvalue weighted by atomic mass is 15.1. The summed E-state index contributed by atoms with van der Waals surface area (Å²) in [6.07, 6.45) is 12.4. The van der Waals surface area contributed by atoms with Gasteiger partial charge in [0.25, 0.3) is 0 Å². The molecule has 0 aliphatic heterocycles. The Balaban J connectivity index is 1.00. The van der Waals surface area contributed by atoms with Crippen molar-refractivity contribution < 1.29 is 0 Å². The van der Waals surface area contributed by atoms with E-state index in [9.17, 15) is 0 Å². The van der Waals surface area contributed by atoms with Crippen molar-refractivity contribution in [1.82, 2.24) is 4.58 Å². The minimum Gasteiger partial charge on any atom is -0.310 e. The largest absolute Gasteiger partial charge is 0.310 e. The van der Waals surface area contributed by atoms with Crippen LogP contribution in [0.3, 0.4) is 0 Å². The number of fused-ring (bicyclic) bond motifs is 5. The standard InChI is InChI=1S/C70H51N2/c1-7-23-53(24-8-1)65(54-25-9-2-10-26-54)47-51-39-43-59(44-40-51)71(57-31-15-5-16-32-57)69-49-67-62-36-20-22-38-64(62)70(50-68(67)61-35-19-21-37-63(61)69)72(58-33-17-6-18-34-58)60-45-41-52(42-46-60)48-66(55-27-11-3-12-28-55)56-29-13-4-14-30-56/h1-45,47-50H,46H2/q+1. The van der Waals surface area contributed by atoms with E-state index in [0.29, 0.717) is 0 Å². The van der Waals surface area contributed by atoms with Crippen LogP contribution >= 0.6 is 0 Å². The molecule has 0 saturated carbocycles. The van der Waals surface area contributed by atoms with Crippen LogP contribution in [0.2, 0.25) is 0 Å². The van der Waals surface area contributed by atoms with Crippen LogP contribution in [0.4, 0.5) is 28.4 Å². The number of hydrogen-bond acceptors (Lipinski definition) is 1. The predicted octanol–water partition coefficient (Wildman–Crippen LogP) is 18.5. The molecule has 11 aromatic carbocycles. The van der Waals surface area contributed by atoms with E-state index in [-0.39, 0.29) is 0 Å². The quantitative estimate of drug-likeness (QED) is 0.0712. The lowest BCUT2D eigenvalue weighted by Gasteiger charge is -2.28. The van der Waals surface area contributed by atoms with Crippen molar-refractivity contribution in [3.8, 4) is 0 Å². The Morgan fingerprint density at radius 3 is 1.32 bits per heavy atom. The lowest BCUT2D eigenvalue weighted by molar-refractivity contribution is 1.07. The third kappa shape index (κ3) is 8.79. The second-order valence-electron chi connectivity index (χ2n) is 18.2. The van der Waals surface area contributed by atoms with Crippen LogP contribution in [0.25, 0.3) is 49.5 Å². The predicted molar refractivity (Wildman–Crippen MR) is 308 cm³/mol. The van der Waals surface area contributed by atoms with Crippen LogP contribution in [-0.4, -0.2) is 5.71 Å². The highest BCUT2D eigenvalue weighted by molar-refractivity contribution is 6.24. The van der Waals surface area contributed by atoms with Gasteiger partial charge in [-0.3, -0.25) is 0 Å². The number of hydrogen-bond donors (Lipinski definition) is 0. The molecule has 12 rings (SSSR count).